The molecule has 0 fully saturated rings. The van der Waals surface area contributed by atoms with Crippen molar-refractivity contribution in [1.82, 2.24) is 4.90 Å². The normalized spacial score (nSPS) is 10.4. The number of carboxylic acids is 1. The van der Waals surface area contributed by atoms with Gasteiger partial charge in [0, 0.05) is 16.6 Å². The average Bonchev–Trinajstić information content (AvgIpc) is 2.33. The molecule has 0 saturated heterocycles. The molecule has 0 unspecified atom stereocenters. The predicted octanol–water partition coefficient (Wildman–Crippen LogP) is 2.78. The first-order chi connectivity index (χ1) is 9.33. The van der Waals surface area contributed by atoms with Gasteiger partial charge in [-0.25, -0.2) is 0 Å². The molecule has 1 aromatic rings. The maximum Gasteiger partial charge on any atom is 0.323 e. The van der Waals surface area contributed by atoms with Crippen LogP contribution in [-0.2, 0) is 4.79 Å². The van der Waals surface area contributed by atoms with Crippen LogP contribution >= 0.6 is 15.9 Å². The monoisotopic (exact) mass is 343 g/mol. The van der Waals surface area contributed by atoms with E-state index in [1.165, 1.54) is 4.90 Å². The van der Waals surface area contributed by atoms with Gasteiger partial charge in [0.15, 0.2) is 0 Å². The molecule has 0 atom stereocenters. The van der Waals surface area contributed by atoms with Crippen molar-refractivity contribution in [2.45, 2.75) is 26.9 Å². The fraction of sp³-hybridized carbons (Fsp3) is 0.429. The Bertz CT molecular complexity index is 502. The molecule has 0 spiro atoms. The SMILES string of the molecule is CCN(CC(=O)O)C(=O)c1cc(Br)cc(OC(C)C)c1. The number of hydrogen-bond donors (Lipinski definition) is 1. The lowest BCUT2D eigenvalue weighted by Crippen LogP contribution is -2.35. The number of ether oxygens (including phenoxy) is 1. The van der Waals surface area contributed by atoms with Gasteiger partial charge in [-0.3, -0.25) is 9.59 Å². The maximum atomic E-state index is 12.3. The van der Waals surface area contributed by atoms with Gasteiger partial charge in [0.25, 0.3) is 5.91 Å². The Labute approximate surface area is 126 Å². The molecule has 1 rings (SSSR count). The lowest BCUT2D eigenvalue weighted by atomic mass is 10.2. The van der Waals surface area contributed by atoms with E-state index in [9.17, 15) is 9.59 Å². The van der Waals surface area contributed by atoms with Crippen LogP contribution in [-0.4, -0.2) is 41.1 Å². The number of rotatable bonds is 6. The molecule has 1 aromatic carbocycles. The summed E-state index contributed by atoms with van der Waals surface area (Å²) in [6, 6.07) is 5.04. The highest BCUT2D eigenvalue weighted by Gasteiger charge is 2.18. The van der Waals surface area contributed by atoms with Crippen LogP contribution in [0.4, 0.5) is 0 Å². The van der Waals surface area contributed by atoms with Gasteiger partial charge in [0.05, 0.1) is 6.10 Å². The van der Waals surface area contributed by atoms with E-state index in [1.807, 2.05) is 13.8 Å². The Balaban J connectivity index is 3.02. The summed E-state index contributed by atoms with van der Waals surface area (Å²) in [5.41, 5.74) is 0.401. The minimum Gasteiger partial charge on any atom is -0.491 e. The lowest BCUT2D eigenvalue weighted by Gasteiger charge is -2.19. The number of halogens is 1. The van der Waals surface area contributed by atoms with Crippen molar-refractivity contribution in [3.8, 4) is 5.75 Å². The summed E-state index contributed by atoms with van der Waals surface area (Å²) in [6.45, 7) is 5.54. The molecule has 0 aliphatic heterocycles. The molecule has 0 aliphatic rings. The van der Waals surface area contributed by atoms with E-state index in [-0.39, 0.29) is 18.6 Å². The molecule has 6 heteroatoms. The second-order valence-electron chi connectivity index (χ2n) is 4.56. The quantitative estimate of drug-likeness (QED) is 0.862. The third-order valence-corrected chi connectivity index (χ3v) is 2.94. The Morgan fingerprint density at radius 3 is 2.50 bits per heavy atom. The highest BCUT2D eigenvalue weighted by Crippen LogP contribution is 2.23. The average molecular weight is 344 g/mol. The van der Waals surface area contributed by atoms with Gasteiger partial charge in [-0.05, 0) is 39.0 Å². The van der Waals surface area contributed by atoms with Gasteiger partial charge in [-0.1, -0.05) is 15.9 Å². The first-order valence-corrected chi connectivity index (χ1v) is 7.11. The van der Waals surface area contributed by atoms with Crippen LogP contribution in [0.5, 0.6) is 5.75 Å². The number of hydrogen-bond acceptors (Lipinski definition) is 3. The summed E-state index contributed by atoms with van der Waals surface area (Å²) in [5.74, 6) is -0.789. The number of carboxylic acid groups (broad SMARTS) is 1. The topological polar surface area (TPSA) is 66.8 Å². The van der Waals surface area contributed by atoms with Crippen molar-refractivity contribution in [2.24, 2.45) is 0 Å². The molecule has 5 nitrogen and oxygen atoms in total. The third kappa shape index (κ3) is 4.85. The maximum absolute atomic E-state index is 12.3. The standard InChI is InChI=1S/C14H18BrNO4/c1-4-16(8-13(17)18)14(19)10-5-11(15)7-12(6-10)20-9(2)3/h5-7,9H,4,8H2,1-3H3,(H,17,18). The van der Waals surface area contributed by atoms with E-state index < -0.39 is 5.97 Å². The first-order valence-electron chi connectivity index (χ1n) is 6.31. The zero-order valence-electron chi connectivity index (χ0n) is 11.7. The van der Waals surface area contributed by atoms with Crippen LogP contribution in [0.25, 0.3) is 0 Å². The Morgan fingerprint density at radius 2 is 2.00 bits per heavy atom. The second kappa shape index (κ2) is 7.28. The van der Waals surface area contributed by atoms with E-state index in [1.54, 1.807) is 25.1 Å². The molecular weight excluding hydrogens is 326 g/mol. The summed E-state index contributed by atoms with van der Waals surface area (Å²) >= 11 is 3.33. The van der Waals surface area contributed by atoms with Gasteiger partial charge in [-0.15, -0.1) is 0 Å². The van der Waals surface area contributed by atoms with Crippen LogP contribution in [0, 0.1) is 0 Å². The fourth-order valence-electron chi connectivity index (χ4n) is 1.70. The smallest absolute Gasteiger partial charge is 0.323 e. The fourth-order valence-corrected chi connectivity index (χ4v) is 2.17. The third-order valence-electron chi connectivity index (χ3n) is 2.49. The van der Waals surface area contributed by atoms with E-state index in [4.69, 9.17) is 9.84 Å². The summed E-state index contributed by atoms with van der Waals surface area (Å²) < 4.78 is 6.28. The molecule has 0 radical (unpaired) electrons. The molecule has 1 N–H and O–H groups in total. The highest BCUT2D eigenvalue weighted by atomic mass is 79.9. The minimum atomic E-state index is -1.03. The van der Waals surface area contributed by atoms with Crippen LogP contribution < -0.4 is 4.74 Å². The van der Waals surface area contributed by atoms with E-state index in [0.29, 0.717) is 22.3 Å². The molecule has 0 saturated carbocycles. The molecule has 110 valence electrons. The molecule has 1 amide bonds. The van der Waals surface area contributed by atoms with Gasteiger partial charge in [0.2, 0.25) is 0 Å². The zero-order valence-corrected chi connectivity index (χ0v) is 13.3. The number of aliphatic carboxylic acids is 1. The van der Waals surface area contributed by atoms with Crippen LogP contribution in [0.15, 0.2) is 22.7 Å². The zero-order chi connectivity index (χ0) is 15.3. The van der Waals surface area contributed by atoms with Crippen molar-refractivity contribution < 1.29 is 19.4 Å². The molecule has 20 heavy (non-hydrogen) atoms. The number of carbonyl (C=O) groups is 2. The van der Waals surface area contributed by atoms with Crippen molar-refractivity contribution in [3.05, 3.63) is 28.2 Å². The lowest BCUT2D eigenvalue weighted by molar-refractivity contribution is -0.137. The van der Waals surface area contributed by atoms with Crippen molar-refractivity contribution >= 4 is 27.8 Å². The van der Waals surface area contributed by atoms with Gasteiger partial charge in [-0.2, -0.15) is 0 Å². The molecule has 0 heterocycles. The second-order valence-corrected chi connectivity index (χ2v) is 5.47. The van der Waals surface area contributed by atoms with Crippen molar-refractivity contribution in [3.63, 3.8) is 0 Å². The summed E-state index contributed by atoms with van der Waals surface area (Å²) in [5, 5.41) is 8.81. The van der Waals surface area contributed by atoms with E-state index >= 15 is 0 Å². The van der Waals surface area contributed by atoms with Gasteiger partial charge in [0.1, 0.15) is 12.3 Å². The van der Waals surface area contributed by atoms with Crippen LogP contribution in [0.1, 0.15) is 31.1 Å². The molecular formula is C14H18BrNO4. The Hall–Kier alpha value is -1.56. The van der Waals surface area contributed by atoms with Crippen molar-refractivity contribution in [2.75, 3.05) is 13.1 Å². The Morgan fingerprint density at radius 1 is 1.35 bits per heavy atom. The summed E-state index contributed by atoms with van der Waals surface area (Å²) in [7, 11) is 0. The van der Waals surface area contributed by atoms with E-state index in [0.717, 1.165) is 0 Å². The number of likely N-dealkylation sites (N-methyl/N-ethyl adjacent to an activating group) is 1. The molecule has 0 aromatic heterocycles. The Kier molecular flexibility index (Phi) is 6.01. The highest BCUT2D eigenvalue weighted by molar-refractivity contribution is 9.10. The number of benzene rings is 1. The largest absolute Gasteiger partial charge is 0.491 e. The summed E-state index contributed by atoms with van der Waals surface area (Å²) in [6.07, 6.45) is -0.00597. The summed E-state index contributed by atoms with van der Waals surface area (Å²) in [4.78, 5) is 24.3. The predicted molar refractivity (Wildman–Crippen MR) is 79.1 cm³/mol. The van der Waals surface area contributed by atoms with E-state index in [2.05, 4.69) is 15.9 Å². The number of amides is 1. The van der Waals surface area contributed by atoms with Crippen molar-refractivity contribution in [1.29, 1.82) is 0 Å². The number of carbonyl (C=O) groups excluding carboxylic acids is 1. The first kappa shape index (κ1) is 16.5. The van der Waals surface area contributed by atoms with Crippen LogP contribution in [0.3, 0.4) is 0 Å². The molecule has 0 aliphatic carbocycles. The molecule has 0 bridgehead atoms. The van der Waals surface area contributed by atoms with Gasteiger partial charge < -0.3 is 14.7 Å². The van der Waals surface area contributed by atoms with Crippen LogP contribution in [0.2, 0.25) is 0 Å². The minimum absolute atomic E-state index is 0.00597. The number of nitrogens with zero attached hydrogens (tertiary/aromatic N) is 1. The van der Waals surface area contributed by atoms with Gasteiger partial charge >= 0.3 is 5.97 Å².